The highest BCUT2D eigenvalue weighted by Crippen LogP contribution is 2.41. The van der Waals surface area contributed by atoms with Gasteiger partial charge in [0.2, 0.25) is 0 Å². The SMILES string of the molecule is CCN(CC)CCN1C(=O)C(=O)C(=C(O)c2c(C)[nH]c(C(=O)OC)c2C)[C@@H]1c1ccc(C(C)C)cc1. The second kappa shape index (κ2) is 11.1. The van der Waals surface area contributed by atoms with Gasteiger partial charge in [0.25, 0.3) is 11.7 Å². The van der Waals surface area contributed by atoms with Crippen LogP contribution in [0.5, 0.6) is 0 Å². The summed E-state index contributed by atoms with van der Waals surface area (Å²) in [4.78, 5) is 45.5. The molecule has 2 heterocycles. The third-order valence-electron chi connectivity index (χ3n) is 7.07. The second-order valence-corrected chi connectivity index (χ2v) is 9.46. The van der Waals surface area contributed by atoms with Crippen molar-refractivity contribution in [3.05, 3.63) is 63.5 Å². The van der Waals surface area contributed by atoms with Gasteiger partial charge in [0, 0.05) is 24.3 Å². The van der Waals surface area contributed by atoms with E-state index in [1.165, 1.54) is 7.11 Å². The first-order valence-corrected chi connectivity index (χ1v) is 12.5. The van der Waals surface area contributed by atoms with Crippen LogP contribution in [0.3, 0.4) is 0 Å². The molecule has 194 valence electrons. The third kappa shape index (κ3) is 4.95. The lowest BCUT2D eigenvalue weighted by Crippen LogP contribution is -2.38. The molecule has 36 heavy (non-hydrogen) atoms. The minimum atomic E-state index is -0.739. The van der Waals surface area contributed by atoms with E-state index >= 15 is 0 Å². The minimum Gasteiger partial charge on any atom is -0.507 e. The summed E-state index contributed by atoms with van der Waals surface area (Å²) in [7, 11) is 1.28. The molecule has 1 amide bonds. The van der Waals surface area contributed by atoms with E-state index in [4.69, 9.17) is 4.74 Å². The number of methoxy groups -OCH3 is 1. The van der Waals surface area contributed by atoms with E-state index in [2.05, 4.69) is 37.6 Å². The van der Waals surface area contributed by atoms with Crippen molar-refractivity contribution in [3.8, 4) is 0 Å². The predicted molar refractivity (Wildman–Crippen MR) is 139 cm³/mol. The Kier molecular flexibility index (Phi) is 8.40. The number of hydrogen-bond acceptors (Lipinski definition) is 6. The number of ketones is 1. The van der Waals surface area contributed by atoms with Crippen molar-refractivity contribution in [2.45, 2.75) is 53.5 Å². The maximum Gasteiger partial charge on any atom is 0.354 e. The normalized spacial score (nSPS) is 17.5. The van der Waals surface area contributed by atoms with Crippen LogP contribution in [0.2, 0.25) is 0 Å². The molecule has 0 bridgehead atoms. The Morgan fingerprint density at radius 2 is 1.75 bits per heavy atom. The lowest BCUT2D eigenvalue weighted by Gasteiger charge is -2.28. The van der Waals surface area contributed by atoms with Crippen LogP contribution in [0.25, 0.3) is 5.76 Å². The predicted octanol–water partition coefficient (Wildman–Crippen LogP) is 4.31. The zero-order chi connectivity index (χ0) is 26.7. The Hall–Kier alpha value is -3.39. The average molecular weight is 496 g/mol. The van der Waals surface area contributed by atoms with Crippen LogP contribution < -0.4 is 0 Å². The van der Waals surface area contributed by atoms with Gasteiger partial charge in [-0.3, -0.25) is 9.59 Å². The van der Waals surface area contributed by atoms with Crippen molar-refractivity contribution in [1.29, 1.82) is 0 Å². The van der Waals surface area contributed by atoms with Gasteiger partial charge in [0.1, 0.15) is 11.5 Å². The Morgan fingerprint density at radius 3 is 2.28 bits per heavy atom. The van der Waals surface area contributed by atoms with Gasteiger partial charge in [-0.15, -0.1) is 0 Å². The van der Waals surface area contributed by atoms with Crippen LogP contribution in [-0.2, 0) is 14.3 Å². The number of esters is 1. The number of H-pyrrole nitrogens is 1. The van der Waals surface area contributed by atoms with Crippen LogP contribution in [0.1, 0.15) is 78.1 Å². The molecular weight excluding hydrogens is 458 g/mol. The number of likely N-dealkylation sites (N-methyl/N-ethyl adjacent to an activating group) is 1. The molecule has 1 aromatic carbocycles. The number of ether oxygens (including phenoxy) is 1. The Morgan fingerprint density at radius 1 is 1.14 bits per heavy atom. The number of benzene rings is 1. The molecule has 1 fully saturated rings. The van der Waals surface area contributed by atoms with Crippen molar-refractivity contribution in [3.63, 3.8) is 0 Å². The van der Waals surface area contributed by atoms with Crippen LogP contribution in [0, 0.1) is 13.8 Å². The lowest BCUT2D eigenvalue weighted by molar-refractivity contribution is -0.140. The van der Waals surface area contributed by atoms with Crippen LogP contribution in [-0.4, -0.2) is 70.8 Å². The molecule has 1 aliphatic rings. The number of aryl methyl sites for hydroxylation is 1. The average Bonchev–Trinajstić information content (AvgIpc) is 3.30. The first-order chi connectivity index (χ1) is 17.1. The van der Waals surface area contributed by atoms with Crippen LogP contribution >= 0.6 is 0 Å². The summed E-state index contributed by atoms with van der Waals surface area (Å²) in [5.74, 6) is -1.91. The number of hydrogen-bond donors (Lipinski definition) is 2. The number of aliphatic hydroxyl groups is 1. The van der Waals surface area contributed by atoms with E-state index in [-0.39, 0.29) is 17.0 Å². The van der Waals surface area contributed by atoms with Crippen molar-refractivity contribution in [2.24, 2.45) is 0 Å². The summed E-state index contributed by atoms with van der Waals surface area (Å²) >= 11 is 0. The van der Waals surface area contributed by atoms with E-state index in [0.717, 1.165) is 24.2 Å². The largest absolute Gasteiger partial charge is 0.507 e. The quantitative estimate of drug-likeness (QED) is 0.233. The van der Waals surface area contributed by atoms with Crippen molar-refractivity contribution >= 4 is 23.4 Å². The minimum absolute atomic E-state index is 0.0264. The van der Waals surface area contributed by atoms with Gasteiger partial charge in [-0.2, -0.15) is 0 Å². The second-order valence-electron chi connectivity index (χ2n) is 9.46. The van der Waals surface area contributed by atoms with E-state index in [0.29, 0.717) is 35.8 Å². The molecule has 0 spiro atoms. The number of aliphatic hydroxyl groups excluding tert-OH is 1. The van der Waals surface area contributed by atoms with Gasteiger partial charge in [0.15, 0.2) is 0 Å². The zero-order valence-corrected chi connectivity index (χ0v) is 22.3. The fraction of sp³-hybridized carbons (Fsp3) is 0.464. The number of amides is 1. The summed E-state index contributed by atoms with van der Waals surface area (Å²) in [5, 5.41) is 11.5. The zero-order valence-electron chi connectivity index (χ0n) is 22.3. The Balaban J connectivity index is 2.18. The fourth-order valence-corrected chi connectivity index (χ4v) is 4.86. The summed E-state index contributed by atoms with van der Waals surface area (Å²) in [6.45, 7) is 14.3. The van der Waals surface area contributed by atoms with Gasteiger partial charge < -0.3 is 24.6 Å². The van der Waals surface area contributed by atoms with Gasteiger partial charge in [-0.1, -0.05) is 52.0 Å². The number of Topliss-reactive ketones (excluding diaryl/α,β-unsaturated/α-hetero) is 1. The van der Waals surface area contributed by atoms with Crippen molar-refractivity contribution in [2.75, 3.05) is 33.3 Å². The van der Waals surface area contributed by atoms with E-state index in [9.17, 15) is 19.5 Å². The number of likely N-dealkylation sites (tertiary alicyclic amines) is 1. The molecule has 1 aliphatic heterocycles. The molecule has 0 saturated carbocycles. The summed E-state index contributed by atoms with van der Waals surface area (Å²) < 4.78 is 4.84. The number of rotatable bonds is 9. The monoisotopic (exact) mass is 495 g/mol. The van der Waals surface area contributed by atoms with Crippen LogP contribution in [0.15, 0.2) is 29.8 Å². The number of aromatic nitrogens is 1. The first-order valence-electron chi connectivity index (χ1n) is 12.5. The van der Waals surface area contributed by atoms with E-state index in [1.54, 1.807) is 18.7 Å². The molecule has 1 saturated heterocycles. The molecule has 8 nitrogen and oxygen atoms in total. The van der Waals surface area contributed by atoms with E-state index < -0.39 is 23.7 Å². The van der Waals surface area contributed by atoms with Gasteiger partial charge in [-0.25, -0.2) is 4.79 Å². The maximum atomic E-state index is 13.4. The molecule has 8 heteroatoms. The highest BCUT2D eigenvalue weighted by Gasteiger charge is 2.46. The molecule has 0 aliphatic carbocycles. The molecule has 2 aromatic rings. The molecule has 1 aromatic heterocycles. The van der Waals surface area contributed by atoms with Gasteiger partial charge in [0.05, 0.1) is 18.7 Å². The molecular formula is C28H37N3O5. The highest BCUT2D eigenvalue weighted by molar-refractivity contribution is 6.46. The Labute approximate surface area is 212 Å². The summed E-state index contributed by atoms with van der Waals surface area (Å²) in [6, 6.07) is 7.08. The smallest absolute Gasteiger partial charge is 0.354 e. The third-order valence-corrected chi connectivity index (χ3v) is 7.07. The molecule has 3 rings (SSSR count). The topological polar surface area (TPSA) is 103 Å². The van der Waals surface area contributed by atoms with Crippen molar-refractivity contribution in [1.82, 2.24) is 14.8 Å². The number of nitrogens with one attached hydrogen (secondary N) is 1. The molecule has 2 N–H and O–H groups in total. The lowest BCUT2D eigenvalue weighted by atomic mass is 9.92. The number of aromatic amines is 1. The number of carbonyl (C=O) groups excluding carboxylic acids is 3. The number of carbonyl (C=O) groups is 3. The number of nitrogens with zero attached hydrogens (tertiary/aromatic N) is 2. The van der Waals surface area contributed by atoms with E-state index in [1.807, 2.05) is 24.3 Å². The van der Waals surface area contributed by atoms with Crippen LogP contribution in [0.4, 0.5) is 0 Å². The highest BCUT2D eigenvalue weighted by atomic mass is 16.5. The molecule has 0 radical (unpaired) electrons. The maximum absolute atomic E-state index is 13.4. The molecule has 0 unspecified atom stereocenters. The molecule has 1 atom stereocenters. The van der Waals surface area contributed by atoms with Crippen molar-refractivity contribution < 1.29 is 24.2 Å². The fourth-order valence-electron chi connectivity index (χ4n) is 4.86. The summed E-state index contributed by atoms with van der Waals surface area (Å²) in [6.07, 6.45) is 0. The first kappa shape index (κ1) is 27.2. The van der Waals surface area contributed by atoms with Gasteiger partial charge >= 0.3 is 5.97 Å². The van der Waals surface area contributed by atoms with Gasteiger partial charge in [-0.05, 0) is 49.5 Å². The standard InChI is InChI=1S/C28H37N3O5/c1-8-30(9-2)14-15-31-24(20-12-10-19(11-13-20)16(3)4)22(26(33)27(31)34)25(32)21-17(5)23(28(35)36-7)29-18(21)6/h10-13,16,24,29,32H,8-9,14-15H2,1-7H3/t24-/m0/s1. The summed E-state index contributed by atoms with van der Waals surface area (Å²) in [5.41, 5.74) is 3.41. The Bertz CT molecular complexity index is 1170.